The largest absolute Gasteiger partial charge is 0.466 e. The van der Waals surface area contributed by atoms with Gasteiger partial charge in [0.1, 0.15) is 0 Å². The van der Waals surface area contributed by atoms with Gasteiger partial charge in [0, 0.05) is 17.3 Å². The number of nitrogens with zero attached hydrogens (tertiary/aromatic N) is 2. The maximum Gasteiger partial charge on any atom is 0.309 e. The van der Waals surface area contributed by atoms with Crippen LogP contribution in [-0.2, 0) is 22.4 Å². The van der Waals surface area contributed by atoms with Crippen LogP contribution in [0.15, 0.2) is 24.5 Å². The molecular formula is C16H17N3O3S. The van der Waals surface area contributed by atoms with Gasteiger partial charge in [-0.05, 0) is 38.3 Å². The fraction of sp³-hybridized carbons (Fsp3) is 0.375. The molecule has 1 aliphatic rings. The minimum Gasteiger partial charge on any atom is -0.466 e. The van der Waals surface area contributed by atoms with Crippen LogP contribution in [0.25, 0.3) is 0 Å². The monoisotopic (exact) mass is 331 g/mol. The molecule has 0 aromatic carbocycles. The number of hydrogen-bond acceptors (Lipinski definition) is 6. The van der Waals surface area contributed by atoms with Gasteiger partial charge >= 0.3 is 5.97 Å². The highest BCUT2D eigenvalue weighted by atomic mass is 32.1. The number of carbonyl (C=O) groups is 2. The first-order valence-corrected chi connectivity index (χ1v) is 8.35. The van der Waals surface area contributed by atoms with E-state index in [-0.39, 0.29) is 17.8 Å². The zero-order chi connectivity index (χ0) is 16.2. The van der Waals surface area contributed by atoms with Crippen LogP contribution in [0.4, 0.5) is 5.13 Å². The Kier molecular flexibility index (Phi) is 4.66. The first-order chi connectivity index (χ1) is 11.2. The lowest BCUT2D eigenvalue weighted by Gasteiger charge is -2.18. The van der Waals surface area contributed by atoms with Gasteiger partial charge < -0.3 is 4.74 Å². The zero-order valence-corrected chi connectivity index (χ0v) is 13.6. The maximum atomic E-state index is 12.1. The summed E-state index contributed by atoms with van der Waals surface area (Å²) in [6, 6.07) is 3.42. The Balaban J connectivity index is 1.69. The molecule has 0 saturated heterocycles. The van der Waals surface area contributed by atoms with Gasteiger partial charge in [-0.25, -0.2) is 4.98 Å². The summed E-state index contributed by atoms with van der Waals surface area (Å²) in [6.45, 7) is 2.21. The summed E-state index contributed by atoms with van der Waals surface area (Å²) >= 11 is 1.43. The van der Waals surface area contributed by atoms with Crippen molar-refractivity contribution in [3.63, 3.8) is 0 Å². The minimum atomic E-state index is -0.230. The van der Waals surface area contributed by atoms with Gasteiger partial charge in [0.15, 0.2) is 5.13 Å². The van der Waals surface area contributed by atoms with E-state index in [4.69, 9.17) is 4.74 Å². The summed E-state index contributed by atoms with van der Waals surface area (Å²) in [5.74, 6) is -0.483. The first-order valence-electron chi connectivity index (χ1n) is 7.54. The van der Waals surface area contributed by atoms with Crippen molar-refractivity contribution in [3.05, 3.63) is 40.7 Å². The van der Waals surface area contributed by atoms with Crippen LogP contribution in [0, 0.1) is 5.92 Å². The summed E-state index contributed by atoms with van der Waals surface area (Å²) in [7, 11) is 0. The molecule has 1 aliphatic carbocycles. The third-order valence-corrected chi connectivity index (χ3v) is 4.74. The molecule has 1 N–H and O–H groups in total. The van der Waals surface area contributed by atoms with E-state index in [1.807, 2.05) is 6.92 Å². The number of aryl methyl sites for hydroxylation is 1. The number of hydrogen-bond donors (Lipinski definition) is 1. The van der Waals surface area contributed by atoms with Crippen LogP contribution < -0.4 is 5.32 Å². The number of carbonyl (C=O) groups excluding carboxylic acids is 2. The number of rotatable bonds is 4. The molecule has 0 spiro atoms. The molecule has 7 heteroatoms. The predicted molar refractivity (Wildman–Crippen MR) is 86.5 cm³/mol. The second-order valence-electron chi connectivity index (χ2n) is 5.28. The molecule has 6 nitrogen and oxygen atoms in total. The standard InChI is InChI=1S/C16H17N3O3S/c1-2-22-15(21)10-5-6-12-13(8-10)23-16(18-12)19-14(20)11-4-3-7-17-9-11/h3-4,7,9-10H,2,5-6,8H2,1H3,(H,18,19,20). The third kappa shape index (κ3) is 3.56. The molecule has 3 rings (SSSR count). The summed E-state index contributed by atoms with van der Waals surface area (Å²) in [4.78, 5) is 33.4. The summed E-state index contributed by atoms with van der Waals surface area (Å²) in [6.07, 6.45) is 5.24. The highest BCUT2D eigenvalue weighted by Gasteiger charge is 2.28. The Morgan fingerprint density at radius 1 is 1.48 bits per heavy atom. The smallest absolute Gasteiger partial charge is 0.309 e. The van der Waals surface area contributed by atoms with Crippen LogP contribution in [0.5, 0.6) is 0 Å². The van der Waals surface area contributed by atoms with Crippen LogP contribution in [0.3, 0.4) is 0 Å². The Hall–Kier alpha value is -2.28. The lowest BCUT2D eigenvalue weighted by atomic mass is 9.91. The number of ether oxygens (including phenoxy) is 1. The molecule has 23 heavy (non-hydrogen) atoms. The lowest BCUT2D eigenvalue weighted by Crippen LogP contribution is -2.24. The van der Waals surface area contributed by atoms with Crippen LogP contribution in [0.1, 0.15) is 34.3 Å². The number of amides is 1. The average Bonchev–Trinajstić information content (AvgIpc) is 2.97. The Morgan fingerprint density at radius 2 is 2.35 bits per heavy atom. The number of anilines is 1. The molecule has 120 valence electrons. The molecule has 2 aromatic heterocycles. The van der Waals surface area contributed by atoms with Crippen molar-refractivity contribution < 1.29 is 14.3 Å². The molecule has 0 bridgehead atoms. The van der Waals surface area contributed by atoms with Gasteiger partial charge in [-0.3, -0.25) is 19.9 Å². The van der Waals surface area contributed by atoms with Crippen molar-refractivity contribution in [2.45, 2.75) is 26.2 Å². The second-order valence-corrected chi connectivity index (χ2v) is 6.36. The Labute approximate surface area is 137 Å². The van der Waals surface area contributed by atoms with E-state index in [2.05, 4.69) is 15.3 Å². The molecular weight excluding hydrogens is 314 g/mol. The molecule has 0 fully saturated rings. The molecule has 2 heterocycles. The maximum absolute atomic E-state index is 12.1. The molecule has 1 unspecified atom stereocenters. The zero-order valence-electron chi connectivity index (χ0n) is 12.7. The topological polar surface area (TPSA) is 81.2 Å². The van der Waals surface area contributed by atoms with Gasteiger partial charge in [0.25, 0.3) is 5.91 Å². The summed E-state index contributed by atoms with van der Waals surface area (Å²) in [5.41, 5.74) is 1.46. The summed E-state index contributed by atoms with van der Waals surface area (Å²) in [5, 5.41) is 3.36. The van der Waals surface area contributed by atoms with Crippen molar-refractivity contribution in [1.29, 1.82) is 0 Å². The molecule has 1 amide bonds. The van der Waals surface area contributed by atoms with Crippen LogP contribution >= 0.6 is 11.3 Å². The van der Waals surface area contributed by atoms with Gasteiger partial charge in [-0.15, -0.1) is 11.3 Å². The quantitative estimate of drug-likeness (QED) is 0.870. The molecule has 0 radical (unpaired) electrons. The molecule has 0 aliphatic heterocycles. The molecule has 2 aromatic rings. The second kappa shape index (κ2) is 6.87. The fourth-order valence-corrected chi connectivity index (χ4v) is 3.64. The number of fused-ring (bicyclic) bond motifs is 1. The normalized spacial score (nSPS) is 16.5. The Bertz CT molecular complexity index is 715. The molecule has 0 saturated carbocycles. The van der Waals surface area contributed by atoms with Crippen molar-refractivity contribution in [2.75, 3.05) is 11.9 Å². The van der Waals surface area contributed by atoms with E-state index in [1.165, 1.54) is 17.5 Å². The predicted octanol–water partition coefficient (Wildman–Crippen LogP) is 2.46. The van der Waals surface area contributed by atoms with Gasteiger partial charge in [-0.1, -0.05) is 0 Å². The number of esters is 1. The van der Waals surface area contributed by atoms with E-state index in [0.717, 1.165) is 23.4 Å². The van der Waals surface area contributed by atoms with Gasteiger partial charge in [0.2, 0.25) is 0 Å². The highest BCUT2D eigenvalue weighted by molar-refractivity contribution is 7.15. The average molecular weight is 331 g/mol. The van der Waals surface area contributed by atoms with Crippen molar-refractivity contribution in [2.24, 2.45) is 5.92 Å². The highest BCUT2D eigenvalue weighted by Crippen LogP contribution is 2.33. The van der Waals surface area contributed by atoms with E-state index in [1.54, 1.807) is 18.3 Å². The number of nitrogens with one attached hydrogen (secondary N) is 1. The lowest BCUT2D eigenvalue weighted by molar-refractivity contribution is -0.148. The van der Waals surface area contributed by atoms with Crippen LogP contribution in [0.2, 0.25) is 0 Å². The van der Waals surface area contributed by atoms with Gasteiger partial charge in [0.05, 0.1) is 23.8 Å². The van der Waals surface area contributed by atoms with E-state index >= 15 is 0 Å². The van der Waals surface area contributed by atoms with Crippen molar-refractivity contribution in [1.82, 2.24) is 9.97 Å². The van der Waals surface area contributed by atoms with E-state index in [9.17, 15) is 9.59 Å². The third-order valence-electron chi connectivity index (χ3n) is 3.70. The van der Waals surface area contributed by atoms with Crippen LogP contribution in [-0.4, -0.2) is 28.5 Å². The van der Waals surface area contributed by atoms with Crippen molar-refractivity contribution >= 4 is 28.3 Å². The SMILES string of the molecule is CCOC(=O)C1CCc2nc(NC(=O)c3cccnc3)sc2C1. The summed E-state index contributed by atoms with van der Waals surface area (Å²) < 4.78 is 5.09. The van der Waals surface area contributed by atoms with E-state index < -0.39 is 0 Å². The minimum absolute atomic E-state index is 0.107. The number of thiazole rings is 1. The first kappa shape index (κ1) is 15.6. The number of aromatic nitrogens is 2. The van der Waals surface area contributed by atoms with Gasteiger partial charge in [-0.2, -0.15) is 0 Å². The van der Waals surface area contributed by atoms with Crippen molar-refractivity contribution in [3.8, 4) is 0 Å². The molecule has 1 atom stereocenters. The Morgan fingerprint density at radius 3 is 3.09 bits per heavy atom. The van der Waals surface area contributed by atoms with E-state index in [0.29, 0.717) is 23.7 Å². The fourth-order valence-electron chi connectivity index (χ4n) is 2.56. The number of pyridine rings is 1.